The fraction of sp³-hybridized carbons (Fsp3) is 0.917. The zero-order valence-corrected chi connectivity index (χ0v) is 10.0. The Bertz CT molecular complexity index is 162. The van der Waals surface area contributed by atoms with Crippen LogP contribution in [0.5, 0.6) is 0 Å². The number of rotatable bonds is 4. The van der Waals surface area contributed by atoms with Crippen molar-refractivity contribution >= 4 is 5.78 Å². The lowest BCUT2D eigenvalue weighted by atomic mass is 9.68. The highest BCUT2D eigenvalue weighted by Gasteiger charge is 2.39. The molecule has 0 aliphatic carbocycles. The third-order valence-corrected chi connectivity index (χ3v) is 3.19. The van der Waals surface area contributed by atoms with Crippen molar-refractivity contribution in [1.29, 1.82) is 0 Å². The van der Waals surface area contributed by atoms with E-state index in [0.717, 1.165) is 19.3 Å². The van der Waals surface area contributed by atoms with Gasteiger partial charge in [-0.1, -0.05) is 41.5 Å². The van der Waals surface area contributed by atoms with Gasteiger partial charge in [-0.15, -0.1) is 0 Å². The number of carbonyl (C=O) groups excluding carboxylic acids is 1. The number of hydrogen-bond donors (Lipinski definition) is 0. The normalized spacial score (nSPS) is 13.1. The minimum Gasteiger partial charge on any atom is -0.298 e. The first-order valence-corrected chi connectivity index (χ1v) is 5.39. The second kappa shape index (κ2) is 4.26. The van der Waals surface area contributed by atoms with Crippen molar-refractivity contribution in [2.24, 2.45) is 10.8 Å². The van der Waals surface area contributed by atoms with Crippen LogP contribution in [0.4, 0.5) is 0 Å². The van der Waals surface area contributed by atoms with Crippen molar-refractivity contribution in [3.8, 4) is 0 Å². The number of Topliss-reactive ketones (excluding diaryl/α,β-unsaturated/α-hetero) is 1. The lowest BCUT2D eigenvalue weighted by Gasteiger charge is -2.35. The van der Waals surface area contributed by atoms with Gasteiger partial charge in [0.05, 0.1) is 0 Å². The van der Waals surface area contributed by atoms with E-state index in [0.29, 0.717) is 5.78 Å². The minimum absolute atomic E-state index is 0.0712. The van der Waals surface area contributed by atoms with Crippen molar-refractivity contribution in [2.45, 2.75) is 60.8 Å². The zero-order chi connectivity index (χ0) is 10.7. The molecule has 0 N–H and O–H groups in total. The highest BCUT2D eigenvalue weighted by Crippen LogP contribution is 2.38. The predicted molar refractivity (Wildman–Crippen MR) is 57.8 cm³/mol. The summed E-state index contributed by atoms with van der Waals surface area (Å²) < 4.78 is 0. The molecule has 0 rings (SSSR count). The van der Waals surface area contributed by atoms with Crippen LogP contribution in [0.1, 0.15) is 60.8 Å². The Labute approximate surface area is 82.9 Å². The van der Waals surface area contributed by atoms with Crippen molar-refractivity contribution < 1.29 is 4.79 Å². The molecule has 0 atom stereocenters. The van der Waals surface area contributed by atoms with Gasteiger partial charge in [-0.25, -0.2) is 0 Å². The van der Waals surface area contributed by atoms with E-state index in [-0.39, 0.29) is 10.8 Å². The van der Waals surface area contributed by atoms with E-state index in [9.17, 15) is 4.79 Å². The molecule has 0 aliphatic heterocycles. The van der Waals surface area contributed by atoms with E-state index in [1.54, 1.807) is 0 Å². The number of ketones is 1. The largest absolute Gasteiger partial charge is 0.298 e. The van der Waals surface area contributed by atoms with Crippen molar-refractivity contribution in [1.82, 2.24) is 0 Å². The Morgan fingerprint density at radius 2 is 1.23 bits per heavy atom. The van der Waals surface area contributed by atoms with Gasteiger partial charge in [-0.05, 0) is 19.3 Å². The molecular weight excluding hydrogens is 160 g/mol. The molecule has 0 unspecified atom stereocenters. The molecular formula is C12H24O. The highest BCUT2D eigenvalue weighted by molar-refractivity contribution is 5.89. The fourth-order valence-corrected chi connectivity index (χ4v) is 2.03. The summed E-state index contributed by atoms with van der Waals surface area (Å²) in [6.07, 6.45) is 2.91. The maximum atomic E-state index is 12.2. The third kappa shape index (κ3) is 2.55. The van der Waals surface area contributed by atoms with E-state index in [2.05, 4.69) is 20.8 Å². The quantitative estimate of drug-likeness (QED) is 0.649. The van der Waals surface area contributed by atoms with Gasteiger partial charge in [0.1, 0.15) is 5.78 Å². The lowest BCUT2D eigenvalue weighted by molar-refractivity contribution is -0.137. The van der Waals surface area contributed by atoms with Gasteiger partial charge in [0, 0.05) is 10.8 Å². The van der Waals surface area contributed by atoms with Crippen LogP contribution in [0.3, 0.4) is 0 Å². The van der Waals surface area contributed by atoms with Gasteiger partial charge < -0.3 is 0 Å². The molecule has 0 aromatic carbocycles. The second-order valence-electron chi connectivity index (χ2n) is 4.92. The summed E-state index contributed by atoms with van der Waals surface area (Å²) in [6, 6.07) is 0. The maximum Gasteiger partial charge on any atom is 0.144 e. The first-order chi connectivity index (χ1) is 5.84. The Morgan fingerprint density at radius 1 is 0.923 bits per heavy atom. The third-order valence-electron chi connectivity index (χ3n) is 3.19. The molecule has 0 saturated heterocycles. The Balaban J connectivity index is 4.85. The summed E-state index contributed by atoms with van der Waals surface area (Å²) in [4.78, 5) is 12.2. The van der Waals surface area contributed by atoms with Crippen LogP contribution in [0.2, 0.25) is 0 Å². The molecule has 0 fully saturated rings. The molecule has 78 valence electrons. The zero-order valence-electron chi connectivity index (χ0n) is 10.0. The monoisotopic (exact) mass is 184 g/mol. The van der Waals surface area contributed by atoms with Gasteiger partial charge >= 0.3 is 0 Å². The molecule has 0 aliphatic rings. The van der Waals surface area contributed by atoms with Crippen LogP contribution < -0.4 is 0 Å². The molecule has 1 heteroatoms. The Morgan fingerprint density at radius 3 is 1.31 bits per heavy atom. The topological polar surface area (TPSA) is 17.1 Å². The summed E-state index contributed by atoms with van der Waals surface area (Å²) in [5, 5.41) is 0. The molecule has 0 spiro atoms. The van der Waals surface area contributed by atoms with Gasteiger partial charge in [0.25, 0.3) is 0 Å². The van der Waals surface area contributed by atoms with Crippen LogP contribution >= 0.6 is 0 Å². The first-order valence-electron chi connectivity index (χ1n) is 5.39. The van der Waals surface area contributed by atoms with Crippen LogP contribution in [0, 0.1) is 10.8 Å². The minimum atomic E-state index is -0.192. The van der Waals surface area contributed by atoms with E-state index in [1.165, 1.54) is 0 Å². The van der Waals surface area contributed by atoms with Gasteiger partial charge in [0.2, 0.25) is 0 Å². The predicted octanol–water partition coefficient (Wildman–Crippen LogP) is 3.82. The van der Waals surface area contributed by atoms with Crippen LogP contribution in [0.15, 0.2) is 0 Å². The molecule has 0 aromatic heterocycles. The van der Waals surface area contributed by atoms with E-state index in [1.807, 2.05) is 20.8 Å². The molecule has 0 heterocycles. The van der Waals surface area contributed by atoms with Gasteiger partial charge in [-0.3, -0.25) is 4.79 Å². The van der Waals surface area contributed by atoms with Crippen molar-refractivity contribution in [3.63, 3.8) is 0 Å². The SMILES string of the molecule is CCC(CC)(CC)C(=O)C(C)(C)C. The molecule has 0 aromatic rings. The highest BCUT2D eigenvalue weighted by atomic mass is 16.1. The second-order valence-corrected chi connectivity index (χ2v) is 4.92. The molecule has 13 heavy (non-hydrogen) atoms. The Kier molecular flexibility index (Phi) is 4.15. The average molecular weight is 184 g/mol. The molecule has 0 bridgehead atoms. The fourth-order valence-electron chi connectivity index (χ4n) is 2.03. The molecule has 0 radical (unpaired) electrons. The van der Waals surface area contributed by atoms with Gasteiger partial charge in [0.15, 0.2) is 0 Å². The molecule has 1 nitrogen and oxygen atoms in total. The van der Waals surface area contributed by atoms with E-state index >= 15 is 0 Å². The summed E-state index contributed by atoms with van der Waals surface area (Å²) in [5.74, 6) is 0.424. The van der Waals surface area contributed by atoms with Crippen molar-refractivity contribution in [3.05, 3.63) is 0 Å². The van der Waals surface area contributed by atoms with Crippen LogP contribution in [0.25, 0.3) is 0 Å². The van der Waals surface area contributed by atoms with Crippen molar-refractivity contribution in [2.75, 3.05) is 0 Å². The van der Waals surface area contributed by atoms with Gasteiger partial charge in [-0.2, -0.15) is 0 Å². The lowest BCUT2D eigenvalue weighted by Crippen LogP contribution is -2.38. The smallest absolute Gasteiger partial charge is 0.144 e. The summed E-state index contributed by atoms with van der Waals surface area (Å²) >= 11 is 0. The van der Waals surface area contributed by atoms with E-state index in [4.69, 9.17) is 0 Å². The number of hydrogen-bond acceptors (Lipinski definition) is 1. The summed E-state index contributed by atoms with van der Waals surface area (Å²) in [7, 11) is 0. The summed E-state index contributed by atoms with van der Waals surface area (Å²) in [6.45, 7) is 12.4. The van der Waals surface area contributed by atoms with E-state index < -0.39 is 0 Å². The standard InChI is InChI=1S/C12H24O/c1-7-12(8-2,9-3)10(13)11(4,5)6/h7-9H2,1-6H3. The molecule has 0 saturated carbocycles. The average Bonchev–Trinajstić information content (AvgIpc) is 2.07. The van der Waals surface area contributed by atoms with Crippen LogP contribution in [-0.2, 0) is 4.79 Å². The maximum absolute atomic E-state index is 12.2. The first kappa shape index (κ1) is 12.7. The summed E-state index contributed by atoms with van der Waals surface area (Å²) in [5.41, 5.74) is -0.264. The van der Waals surface area contributed by atoms with Crippen LogP contribution in [-0.4, -0.2) is 5.78 Å². The molecule has 0 amide bonds. The Hall–Kier alpha value is -0.330. The number of carbonyl (C=O) groups is 1.